The zero-order valence-electron chi connectivity index (χ0n) is 12.2. The van der Waals surface area contributed by atoms with E-state index < -0.39 is 5.97 Å². The van der Waals surface area contributed by atoms with Crippen LogP contribution in [-0.2, 0) is 4.79 Å². The predicted molar refractivity (Wildman–Crippen MR) is 77.5 cm³/mol. The van der Waals surface area contributed by atoms with E-state index in [0.29, 0.717) is 30.5 Å². The number of aromatic nitrogens is 2. The van der Waals surface area contributed by atoms with Gasteiger partial charge in [0, 0.05) is 18.5 Å². The lowest BCUT2D eigenvalue weighted by Gasteiger charge is -2.39. The van der Waals surface area contributed by atoms with Crippen LogP contribution in [0.5, 0.6) is 5.88 Å². The minimum atomic E-state index is -0.689. The molecule has 3 heterocycles. The Morgan fingerprint density at radius 3 is 2.71 bits per heavy atom. The summed E-state index contributed by atoms with van der Waals surface area (Å²) in [7, 11) is 0. The molecule has 1 N–H and O–H groups in total. The van der Waals surface area contributed by atoms with Gasteiger partial charge in [0.1, 0.15) is 0 Å². The van der Waals surface area contributed by atoms with Crippen LogP contribution in [-0.4, -0.2) is 39.7 Å². The first kappa shape index (κ1) is 14.1. The van der Waals surface area contributed by atoms with Crippen LogP contribution in [0.3, 0.4) is 0 Å². The standard InChI is InChI=1S/C15H21N3O3/c1-2-21-14-9-16-8-13(17-14)18-11-3-4-12(18)6-10(5-11)7-15(19)20/h8-12H,2-7H2,1H3,(H,19,20). The number of hydrogen-bond donors (Lipinski definition) is 1. The van der Waals surface area contributed by atoms with Crippen molar-refractivity contribution in [2.45, 2.75) is 51.1 Å². The minimum absolute atomic E-state index is 0.283. The van der Waals surface area contributed by atoms with Crippen molar-refractivity contribution in [3.05, 3.63) is 12.4 Å². The van der Waals surface area contributed by atoms with Crippen LogP contribution >= 0.6 is 0 Å². The summed E-state index contributed by atoms with van der Waals surface area (Å²) in [6.45, 7) is 2.50. The molecule has 2 bridgehead atoms. The zero-order valence-corrected chi connectivity index (χ0v) is 12.2. The highest BCUT2D eigenvalue weighted by Crippen LogP contribution is 2.42. The number of aliphatic carboxylic acids is 1. The summed E-state index contributed by atoms with van der Waals surface area (Å²) < 4.78 is 5.42. The van der Waals surface area contributed by atoms with Crippen LogP contribution in [0.15, 0.2) is 12.4 Å². The van der Waals surface area contributed by atoms with Crippen LogP contribution in [0.2, 0.25) is 0 Å². The number of piperidine rings is 1. The molecule has 0 saturated carbocycles. The van der Waals surface area contributed by atoms with Crippen molar-refractivity contribution >= 4 is 11.8 Å². The highest BCUT2D eigenvalue weighted by molar-refractivity contribution is 5.67. The van der Waals surface area contributed by atoms with Crippen molar-refractivity contribution in [2.75, 3.05) is 11.5 Å². The summed E-state index contributed by atoms with van der Waals surface area (Å²) in [6.07, 6.45) is 7.79. The van der Waals surface area contributed by atoms with Crippen molar-refractivity contribution in [3.8, 4) is 5.88 Å². The summed E-state index contributed by atoms with van der Waals surface area (Å²) in [5.74, 6) is 1.02. The molecule has 0 spiro atoms. The fraction of sp³-hybridized carbons (Fsp3) is 0.667. The van der Waals surface area contributed by atoms with Gasteiger partial charge in [-0.15, -0.1) is 0 Å². The van der Waals surface area contributed by atoms with Gasteiger partial charge in [-0.25, -0.2) is 0 Å². The highest BCUT2D eigenvalue weighted by Gasteiger charge is 2.41. The molecule has 0 aromatic carbocycles. The van der Waals surface area contributed by atoms with Crippen molar-refractivity contribution in [1.29, 1.82) is 0 Å². The van der Waals surface area contributed by atoms with E-state index in [2.05, 4.69) is 14.9 Å². The Morgan fingerprint density at radius 1 is 1.38 bits per heavy atom. The molecular weight excluding hydrogens is 270 g/mol. The third kappa shape index (κ3) is 2.94. The fourth-order valence-electron chi connectivity index (χ4n) is 3.76. The molecule has 6 heteroatoms. The average Bonchev–Trinajstić information content (AvgIpc) is 2.71. The molecule has 2 aliphatic rings. The first-order valence-corrected chi connectivity index (χ1v) is 7.62. The molecule has 2 unspecified atom stereocenters. The van der Waals surface area contributed by atoms with Gasteiger partial charge in [-0.1, -0.05) is 0 Å². The Labute approximate surface area is 124 Å². The van der Waals surface area contributed by atoms with Gasteiger partial charge >= 0.3 is 5.97 Å². The van der Waals surface area contributed by atoms with Gasteiger partial charge in [0.2, 0.25) is 5.88 Å². The molecule has 6 nitrogen and oxygen atoms in total. The number of anilines is 1. The maximum absolute atomic E-state index is 10.9. The van der Waals surface area contributed by atoms with Crippen LogP contribution in [0.25, 0.3) is 0 Å². The van der Waals surface area contributed by atoms with Crippen molar-refractivity contribution in [2.24, 2.45) is 5.92 Å². The molecule has 114 valence electrons. The maximum atomic E-state index is 10.9. The number of nitrogens with zero attached hydrogens (tertiary/aromatic N) is 3. The molecule has 0 aliphatic carbocycles. The van der Waals surface area contributed by atoms with Gasteiger partial charge in [0.15, 0.2) is 5.82 Å². The molecule has 1 aromatic heterocycles. The lowest BCUT2D eigenvalue weighted by molar-refractivity contribution is -0.138. The van der Waals surface area contributed by atoms with E-state index in [1.807, 2.05) is 6.92 Å². The van der Waals surface area contributed by atoms with Crippen LogP contribution in [0, 0.1) is 5.92 Å². The van der Waals surface area contributed by atoms with Crippen LogP contribution < -0.4 is 9.64 Å². The average molecular weight is 291 g/mol. The summed E-state index contributed by atoms with van der Waals surface area (Å²) in [5.41, 5.74) is 0. The molecule has 21 heavy (non-hydrogen) atoms. The maximum Gasteiger partial charge on any atom is 0.303 e. The van der Waals surface area contributed by atoms with E-state index in [1.165, 1.54) is 0 Å². The number of rotatable bonds is 5. The summed E-state index contributed by atoms with van der Waals surface area (Å²) in [4.78, 5) is 22.0. The van der Waals surface area contributed by atoms with E-state index in [0.717, 1.165) is 31.5 Å². The molecule has 3 rings (SSSR count). The number of hydrogen-bond acceptors (Lipinski definition) is 5. The number of fused-ring (bicyclic) bond motifs is 2. The fourth-order valence-corrected chi connectivity index (χ4v) is 3.76. The molecule has 2 atom stereocenters. The number of carboxylic acids is 1. The SMILES string of the molecule is CCOc1cncc(N2C3CCC2CC(CC(=O)O)C3)n1. The van der Waals surface area contributed by atoms with E-state index in [1.54, 1.807) is 12.4 Å². The van der Waals surface area contributed by atoms with Crippen LogP contribution in [0.1, 0.15) is 39.0 Å². The van der Waals surface area contributed by atoms with Crippen molar-refractivity contribution in [3.63, 3.8) is 0 Å². The Balaban J connectivity index is 1.75. The quantitative estimate of drug-likeness (QED) is 0.895. The molecule has 1 aromatic rings. The summed E-state index contributed by atoms with van der Waals surface area (Å²) in [5, 5.41) is 8.98. The zero-order chi connectivity index (χ0) is 14.8. The predicted octanol–water partition coefficient (Wildman–Crippen LogP) is 2.10. The molecular formula is C15H21N3O3. The number of carboxylic acid groups (broad SMARTS) is 1. The summed E-state index contributed by atoms with van der Waals surface area (Å²) >= 11 is 0. The highest BCUT2D eigenvalue weighted by atomic mass is 16.5. The Morgan fingerprint density at radius 2 is 2.10 bits per heavy atom. The lowest BCUT2D eigenvalue weighted by Crippen LogP contribution is -2.44. The molecule has 2 saturated heterocycles. The van der Waals surface area contributed by atoms with Gasteiger partial charge in [-0.05, 0) is 38.5 Å². The second kappa shape index (κ2) is 5.87. The van der Waals surface area contributed by atoms with E-state index in [4.69, 9.17) is 9.84 Å². The number of ether oxygens (including phenoxy) is 1. The summed E-state index contributed by atoms with van der Waals surface area (Å²) in [6, 6.07) is 0.776. The first-order valence-electron chi connectivity index (χ1n) is 7.62. The Hall–Kier alpha value is -1.85. The monoisotopic (exact) mass is 291 g/mol. The largest absolute Gasteiger partial charge is 0.481 e. The first-order chi connectivity index (χ1) is 10.2. The normalized spacial score (nSPS) is 27.7. The Bertz CT molecular complexity index is 509. The van der Waals surface area contributed by atoms with Gasteiger partial charge in [-0.2, -0.15) is 4.98 Å². The third-order valence-electron chi connectivity index (χ3n) is 4.45. The smallest absolute Gasteiger partial charge is 0.303 e. The lowest BCUT2D eigenvalue weighted by atomic mass is 9.88. The molecule has 0 amide bonds. The van der Waals surface area contributed by atoms with E-state index >= 15 is 0 Å². The van der Waals surface area contributed by atoms with Gasteiger partial charge in [0.25, 0.3) is 0 Å². The van der Waals surface area contributed by atoms with E-state index in [9.17, 15) is 4.79 Å². The molecule has 2 aliphatic heterocycles. The Kier molecular flexibility index (Phi) is 3.94. The third-order valence-corrected chi connectivity index (χ3v) is 4.45. The van der Waals surface area contributed by atoms with Crippen molar-refractivity contribution < 1.29 is 14.6 Å². The second-order valence-electron chi connectivity index (χ2n) is 5.88. The van der Waals surface area contributed by atoms with E-state index in [-0.39, 0.29) is 6.42 Å². The van der Waals surface area contributed by atoms with Gasteiger partial charge < -0.3 is 14.7 Å². The topological polar surface area (TPSA) is 75.5 Å². The number of carbonyl (C=O) groups is 1. The molecule has 0 radical (unpaired) electrons. The molecule has 2 fully saturated rings. The van der Waals surface area contributed by atoms with Gasteiger partial charge in [0.05, 0.1) is 19.0 Å². The van der Waals surface area contributed by atoms with Crippen LogP contribution in [0.4, 0.5) is 5.82 Å². The second-order valence-corrected chi connectivity index (χ2v) is 5.88. The minimum Gasteiger partial charge on any atom is -0.481 e. The van der Waals surface area contributed by atoms with Gasteiger partial charge in [-0.3, -0.25) is 9.78 Å². The van der Waals surface area contributed by atoms with Crippen molar-refractivity contribution in [1.82, 2.24) is 9.97 Å².